The Morgan fingerprint density at radius 2 is 1.73 bits per heavy atom. The van der Waals surface area contributed by atoms with Crippen molar-refractivity contribution in [3.63, 3.8) is 0 Å². The number of likely N-dealkylation sites (N-methyl/N-ethyl adjacent to an activating group) is 1. The fourth-order valence-corrected chi connectivity index (χ4v) is 3.77. The molecule has 1 N–H and O–H groups in total. The predicted octanol–water partition coefficient (Wildman–Crippen LogP) is 2.58. The van der Waals surface area contributed by atoms with E-state index >= 15 is 0 Å². The molecule has 1 aromatic heterocycles. The minimum atomic E-state index is -0.419. The molecule has 1 aliphatic heterocycles. The third-order valence-corrected chi connectivity index (χ3v) is 5.31. The van der Waals surface area contributed by atoms with Crippen LogP contribution in [0.15, 0.2) is 36.4 Å². The molecule has 0 saturated carbocycles. The van der Waals surface area contributed by atoms with Crippen LogP contribution in [0.3, 0.4) is 0 Å². The van der Waals surface area contributed by atoms with Crippen molar-refractivity contribution in [3.05, 3.63) is 58.9 Å². The number of carbonyl (C=O) groups excluding carboxylic acids is 2. The van der Waals surface area contributed by atoms with Gasteiger partial charge in [-0.1, -0.05) is 24.3 Å². The van der Waals surface area contributed by atoms with Gasteiger partial charge in [0.2, 0.25) is 11.8 Å². The molecule has 0 bridgehead atoms. The standard InChI is InChI=1S/C21H27N3O2/c1-15-10-11-16(2)23(15)12-6-9-20(25)24-14-18-8-5-4-7-17(18)13-19(24)21(26)22-3/h4-5,7-8,10-11,19H,6,9,12-14H2,1-3H3,(H,22,26)/t19-/m0/s1. The normalized spacial score (nSPS) is 16.3. The van der Waals surface area contributed by atoms with Crippen molar-refractivity contribution in [2.75, 3.05) is 7.05 Å². The van der Waals surface area contributed by atoms with Crippen LogP contribution < -0.4 is 5.32 Å². The Balaban J connectivity index is 1.69. The third-order valence-electron chi connectivity index (χ3n) is 5.31. The van der Waals surface area contributed by atoms with Crippen molar-refractivity contribution in [1.82, 2.24) is 14.8 Å². The third kappa shape index (κ3) is 3.66. The lowest BCUT2D eigenvalue weighted by molar-refractivity contribution is -0.141. The Morgan fingerprint density at radius 1 is 1.08 bits per heavy atom. The highest BCUT2D eigenvalue weighted by Crippen LogP contribution is 2.24. The molecule has 138 valence electrons. The van der Waals surface area contributed by atoms with E-state index in [1.165, 1.54) is 11.4 Å². The molecule has 0 radical (unpaired) electrons. The van der Waals surface area contributed by atoms with E-state index in [1.807, 2.05) is 24.3 Å². The minimum absolute atomic E-state index is 0.0514. The van der Waals surface area contributed by atoms with Gasteiger partial charge in [0.1, 0.15) is 6.04 Å². The van der Waals surface area contributed by atoms with E-state index in [-0.39, 0.29) is 11.8 Å². The van der Waals surface area contributed by atoms with Crippen LogP contribution in [0.1, 0.15) is 35.4 Å². The Bertz CT molecular complexity index is 790. The van der Waals surface area contributed by atoms with E-state index in [1.54, 1.807) is 11.9 Å². The molecule has 2 aromatic rings. The summed E-state index contributed by atoms with van der Waals surface area (Å²) in [6.45, 7) is 5.50. The molecule has 0 saturated heterocycles. The lowest BCUT2D eigenvalue weighted by atomic mass is 9.93. The summed E-state index contributed by atoms with van der Waals surface area (Å²) in [5.41, 5.74) is 4.72. The molecule has 5 heteroatoms. The van der Waals surface area contributed by atoms with Crippen molar-refractivity contribution in [2.24, 2.45) is 0 Å². The number of carbonyl (C=O) groups is 2. The monoisotopic (exact) mass is 353 g/mol. The summed E-state index contributed by atoms with van der Waals surface area (Å²) >= 11 is 0. The molecule has 2 amide bonds. The van der Waals surface area contributed by atoms with E-state index in [2.05, 4.69) is 35.9 Å². The number of rotatable bonds is 5. The van der Waals surface area contributed by atoms with E-state index < -0.39 is 6.04 Å². The molecule has 0 fully saturated rings. The van der Waals surface area contributed by atoms with Crippen LogP contribution in [0.4, 0.5) is 0 Å². The van der Waals surface area contributed by atoms with Crippen LogP contribution in [0.25, 0.3) is 0 Å². The first-order valence-corrected chi connectivity index (χ1v) is 9.22. The van der Waals surface area contributed by atoms with Gasteiger partial charge < -0.3 is 14.8 Å². The summed E-state index contributed by atoms with van der Waals surface area (Å²) in [4.78, 5) is 27.0. The number of benzene rings is 1. The molecular formula is C21H27N3O2. The molecule has 1 aromatic carbocycles. The first kappa shape index (κ1) is 18.2. The number of nitrogens with one attached hydrogen (secondary N) is 1. The average Bonchev–Trinajstić information content (AvgIpc) is 2.98. The van der Waals surface area contributed by atoms with Gasteiger partial charge in [0, 0.05) is 44.4 Å². The van der Waals surface area contributed by atoms with Crippen LogP contribution >= 0.6 is 0 Å². The summed E-state index contributed by atoms with van der Waals surface area (Å²) in [5, 5.41) is 2.71. The van der Waals surface area contributed by atoms with Gasteiger partial charge >= 0.3 is 0 Å². The van der Waals surface area contributed by atoms with E-state index in [0.717, 1.165) is 24.1 Å². The molecule has 0 spiro atoms. The number of aryl methyl sites for hydroxylation is 2. The van der Waals surface area contributed by atoms with Gasteiger partial charge in [0.05, 0.1) is 0 Å². The zero-order chi connectivity index (χ0) is 18.7. The quantitative estimate of drug-likeness (QED) is 0.898. The molecule has 1 aliphatic rings. The molecule has 0 unspecified atom stereocenters. The van der Waals surface area contributed by atoms with Gasteiger partial charge in [-0.15, -0.1) is 0 Å². The smallest absolute Gasteiger partial charge is 0.242 e. The van der Waals surface area contributed by atoms with Crippen molar-refractivity contribution in [1.29, 1.82) is 0 Å². The Labute approximate surface area is 155 Å². The summed E-state index contributed by atoms with van der Waals surface area (Å²) < 4.78 is 2.23. The molecule has 3 rings (SSSR count). The van der Waals surface area contributed by atoms with Crippen LogP contribution in [0, 0.1) is 13.8 Å². The van der Waals surface area contributed by atoms with Crippen molar-refractivity contribution in [2.45, 2.75) is 52.2 Å². The van der Waals surface area contributed by atoms with E-state index in [0.29, 0.717) is 19.4 Å². The zero-order valence-electron chi connectivity index (χ0n) is 15.8. The number of amides is 2. The lowest BCUT2D eigenvalue weighted by Gasteiger charge is -2.36. The molecule has 1 atom stereocenters. The van der Waals surface area contributed by atoms with Gasteiger partial charge in [-0.25, -0.2) is 0 Å². The molecular weight excluding hydrogens is 326 g/mol. The van der Waals surface area contributed by atoms with Crippen LogP contribution in [-0.4, -0.2) is 34.4 Å². The summed E-state index contributed by atoms with van der Waals surface area (Å²) in [6.07, 6.45) is 1.80. The first-order valence-electron chi connectivity index (χ1n) is 9.22. The second-order valence-corrected chi connectivity index (χ2v) is 7.00. The Kier molecular flexibility index (Phi) is 5.45. The molecule has 5 nitrogen and oxygen atoms in total. The summed E-state index contributed by atoms with van der Waals surface area (Å²) in [6, 6.07) is 11.8. The fourth-order valence-electron chi connectivity index (χ4n) is 3.77. The first-order chi connectivity index (χ1) is 12.5. The van der Waals surface area contributed by atoms with E-state index in [4.69, 9.17) is 0 Å². The largest absolute Gasteiger partial charge is 0.357 e. The number of aromatic nitrogens is 1. The Morgan fingerprint density at radius 3 is 2.38 bits per heavy atom. The van der Waals surface area contributed by atoms with Crippen molar-refractivity contribution < 1.29 is 9.59 Å². The maximum atomic E-state index is 12.9. The number of fused-ring (bicyclic) bond motifs is 1. The highest BCUT2D eigenvalue weighted by Gasteiger charge is 2.33. The number of hydrogen-bond donors (Lipinski definition) is 1. The minimum Gasteiger partial charge on any atom is -0.357 e. The SMILES string of the molecule is CNC(=O)[C@@H]1Cc2ccccc2CN1C(=O)CCCn1c(C)ccc1C. The van der Waals surface area contributed by atoms with Gasteiger partial charge in [-0.05, 0) is 43.5 Å². The second-order valence-electron chi connectivity index (χ2n) is 7.00. The van der Waals surface area contributed by atoms with Crippen LogP contribution in [-0.2, 0) is 29.1 Å². The highest BCUT2D eigenvalue weighted by atomic mass is 16.2. The number of hydrogen-bond acceptors (Lipinski definition) is 2. The second kappa shape index (κ2) is 7.77. The molecule has 0 aliphatic carbocycles. The van der Waals surface area contributed by atoms with Gasteiger partial charge in [0.25, 0.3) is 0 Å². The fraction of sp³-hybridized carbons (Fsp3) is 0.429. The molecule has 2 heterocycles. The van der Waals surface area contributed by atoms with Crippen LogP contribution in [0.2, 0.25) is 0 Å². The van der Waals surface area contributed by atoms with Gasteiger partial charge in [-0.2, -0.15) is 0 Å². The van der Waals surface area contributed by atoms with Crippen LogP contribution in [0.5, 0.6) is 0 Å². The predicted molar refractivity (Wildman–Crippen MR) is 102 cm³/mol. The average molecular weight is 353 g/mol. The maximum absolute atomic E-state index is 12.9. The number of nitrogens with zero attached hydrogens (tertiary/aromatic N) is 2. The molecule has 26 heavy (non-hydrogen) atoms. The highest BCUT2D eigenvalue weighted by molar-refractivity contribution is 5.88. The summed E-state index contributed by atoms with van der Waals surface area (Å²) in [7, 11) is 1.63. The topological polar surface area (TPSA) is 54.3 Å². The maximum Gasteiger partial charge on any atom is 0.242 e. The van der Waals surface area contributed by atoms with Crippen molar-refractivity contribution >= 4 is 11.8 Å². The van der Waals surface area contributed by atoms with Gasteiger partial charge in [-0.3, -0.25) is 9.59 Å². The lowest BCUT2D eigenvalue weighted by Crippen LogP contribution is -2.51. The zero-order valence-corrected chi connectivity index (χ0v) is 15.8. The summed E-state index contributed by atoms with van der Waals surface area (Å²) in [5.74, 6) is -0.0412. The Hall–Kier alpha value is -2.56. The van der Waals surface area contributed by atoms with E-state index in [9.17, 15) is 9.59 Å². The van der Waals surface area contributed by atoms with Gasteiger partial charge in [0.15, 0.2) is 0 Å². The van der Waals surface area contributed by atoms with Crippen molar-refractivity contribution in [3.8, 4) is 0 Å².